The first-order valence-corrected chi connectivity index (χ1v) is 15.8. The number of hydrogen-bond donors (Lipinski definition) is 6. The minimum absolute atomic E-state index is 0. The Morgan fingerprint density at radius 3 is 1.64 bits per heavy atom. The highest BCUT2D eigenvalue weighted by Crippen LogP contribution is 2.39. The number of hydrazine groups is 2. The van der Waals surface area contributed by atoms with Crippen LogP contribution in [-0.4, -0.2) is 54.6 Å². The Hall–Kier alpha value is -3.36. The van der Waals surface area contributed by atoms with Crippen LogP contribution in [0.3, 0.4) is 0 Å². The SMILES string of the molecule is C.ClCCl.NNC(=S)NC1CC2C=CC1C2.O=C(NNC(=S)NC1CC2C=CC1C2)c1ccccn1.O=C([OH2+])c1ccccn1. The number of nitrogens with one attached hydrogen (secondary N) is 5. The zero-order valence-electron chi connectivity index (χ0n) is 23.8. The number of hydrogen-bond acceptors (Lipinski definition) is 7. The summed E-state index contributed by atoms with van der Waals surface area (Å²) in [7, 11) is 0. The molecule has 6 atom stereocenters. The molecule has 244 valence electrons. The second kappa shape index (κ2) is 19.9. The molecule has 2 saturated carbocycles. The summed E-state index contributed by atoms with van der Waals surface area (Å²) in [5.41, 5.74) is 8.26. The van der Waals surface area contributed by atoms with Crippen LogP contribution in [0.1, 0.15) is 54.1 Å². The van der Waals surface area contributed by atoms with Crippen molar-refractivity contribution in [3.05, 3.63) is 84.5 Å². The lowest BCUT2D eigenvalue weighted by atomic mass is 10.0. The molecule has 0 spiro atoms. The molecular formula is C30H41Cl2N8O3S2+. The molecule has 4 aliphatic rings. The maximum atomic E-state index is 11.8. The van der Waals surface area contributed by atoms with Gasteiger partial charge in [-0.05, 0) is 98.1 Å². The van der Waals surface area contributed by atoms with E-state index in [1.807, 2.05) is 0 Å². The lowest BCUT2D eigenvalue weighted by Crippen LogP contribution is -2.50. The van der Waals surface area contributed by atoms with Crippen LogP contribution in [0.5, 0.6) is 0 Å². The van der Waals surface area contributed by atoms with Crippen molar-refractivity contribution in [2.24, 2.45) is 29.5 Å². The molecule has 2 aromatic rings. The van der Waals surface area contributed by atoms with E-state index in [1.165, 1.54) is 31.5 Å². The van der Waals surface area contributed by atoms with Crippen LogP contribution in [0.25, 0.3) is 0 Å². The molecule has 6 unspecified atom stereocenters. The summed E-state index contributed by atoms with van der Waals surface area (Å²) in [6.45, 7) is 0. The Bertz CT molecular complexity index is 1310. The molecule has 6 rings (SSSR count). The predicted octanol–water partition coefficient (Wildman–Crippen LogP) is 3.45. The number of thiocarbonyl (C=S) groups is 2. The Morgan fingerprint density at radius 2 is 1.29 bits per heavy atom. The fourth-order valence-electron chi connectivity index (χ4n) is 5.48. The van der Waals surface area contributed by atoms with Crippen molar-refractivity contribution in [2.45, 2.75) is 45.2 Å². The Kier molecular flexibility index (Phi) is 16.7. The van der Waals surface area contributed by atoms with Gasteiger partial charge in [-0.2, -0.15) is 0 Å². The van der Waals surface area contributed by atoms with Gasteiger partial charge in [-0.1, -0.05) is 43.9 Å². The first kappa shape index (κ1) is 37.8. The van der Waals surface area contributed by atoms with E-state index < -0.39 is 5.97 Å². The molecule has 2 fully saturated rings. The average Bonchev–Trinajstić information content (AvgIpc) is 3.85. The number of aromatic nitrogens is 2. The number of amides is 1. The number of carbonyl (C=O) groups excluding carboxylic acids is 2. The zero-order chi connectivity index (χ0) is 31.9. The van der Waals surface area contributed by atoms with Gasteiger partial charge < -0.3 is 21.2 Å². The molecule has 11 nitrogen and oxygen atoms in total. The summed E-state index contributed by atoms with van der Waals surface area (Å²) in [4.78, 5) is 29.6. The zero-order valence-corrected chi connectivity index (χ0v) is 26.9. The normalized spacial score (nSPS) is 23.7. The number of carbonyl (C=O) groups is 2. The second-order valence-electron chi connectivity index (χ2n) is 10.3. The van der Waals surface area contributed by atoms with Crippen LogP contribution in [0.15, 0.2) is 73.1 Å². The van der Waals surface area contributed by atoms with E-state index in [9.17, 15) is 9.59 Å². The fourth-order valence-corrected chi connectivity index (χ4v) is 5.83. The van der Waals surface area contributed by atoms with Crippen LogP contribution >= 0.6 is 47.6 Å². The topological polar surface area (TPSA) is 169 Å². The van der Waals surface area contributed by atoms with E-state index in [1.54, 1.807) is 36.5 Å². The van der Waals surface area contributed by atoms with Gasteiger partial charge in [-0.3, -0.25) is 20.6 Å². The van der Waals surface area contributed by atoms with Crippen LogP contribution in [0.2, 0.25) is 0 Å². The van der Waals surface area contributed by atoms with Gasteiger partial charge in [0.2, 0.25) is 5.69 Å². The molecule has 4 bridgehead atoms. The van der Waals surface area contributed by atoms with E-state index in [0.29, 0.717) is 45.8 Å². The van der Waals surface area contributed by atoms with Crippen molar-refractivity contribution in [2.75, 3.05) is 5.34 Å². The largest absolute Gasteiger partial charge is 0.567 e. The number of allylic oxidation sites excluding steroid dienone is 2. The molecule has 0 radical (unpaired) electrons. The quantitative estimate of drug-likeness (QED) is 0.0692. The van der Waals surface area contributed by atoms with Gasteiger partial charge in [-0.15, -0.1) is 23.2 Å². The molecular weight excluding hydrogens is 655 g/mol. The molecule has 9 N–H and O–H groups in total. The molecule has 15 heteroatoms. The van der Waals surface area contributed by atoms with Crippen LogP contribution in [0.4, 0.5) is 0 Å². The van der Waals surface area contributed by atoms with Crippen LogP contribution in [0, 0.1) is 23.7 Å². The van der Waals surface area contributed by atoms with Crippen molar-refractivity contribution < 1.29 is 14.7 Å². The highest BCUT2D eigenvalue weighted by Gasteiger charge is 2.36. The third kappa shape index (κ3) is 12.5. The summed E-state index contributed by atoms with van der Waals surface area (Å²) in [6.07, 6.45) is 17.0. The smallest absolute Gasteiger partial charge is 0.560 e. The molecule has 1 amide bonds. The van der Waals surface area contributed by atoms with Crippen LogP contribution < -0.4 is 32.8 Å². The van der Waals surface area contributed by atoms with Crippen molar-refractivity contribution in [1.82, 2.24) is 36.9 Å². The van der Waals surface area contributed by atoms with Crippen molar-refractivity contribution in [1.29, 1.82) is 0 Å². The fraction of sp³-hybridized carbons (Fsp3) is 0.400. The Balaban J connectivity index is 0.000000241. The summed E-state index contributed by atoms with van der Waals surface area (Å²) >= 11 is 19.7. The number of pyridine rings is 2. The van der Waals surface area contributed by atoms with Crippen molar-refractivity contribution in [3.63, 3.8) is 0 Å². The standard InChI is InChI=1S/C14H16N4OS.C8H13N3S.C6H5NO2.CH2Cl2.CH4/c19-13(11-3-1-2-6-15-11)17-18-14(20)16-12-8-9-4-5-10(12)7-9;9-11-8(12)10-7-4-5-1-2-6(7)3-5;8-6(9)5-3-1-2-4-7-5;2-1-3;/h1-6,9-10,12H,7-8H2,(H,17,19)(H2,16,18,20);1-2,5-7H,3-4,9H2,(H2,10,11,12);1-4H,(H,8,9);1H2;1H4/p+1. The molecule has 45 heavy (non-hydrogen) atoms. The summed E-state index contributed by atoms with van der Waals surface area (Å²) in [6, 6.07) is 10.9. The number of fused-ring (bicyclic) bond motifs is 4. The summed E-state index contributed by atoms with van der Waals surface area (Å²) in [5.74, 6) is 6.82. The number of nitrogens with two attached hydrogens (primary N) is 1. The molecule has 4 aliphatic carbocycles. The highest BCUT2D eigenvalue weighted by atomic mass is 35.5. The number of halogens is 2. The number of nitrogens with zero attached hydrogens (tertiary/aromatic N) is 2. The Morgan fingerprint density at radius 1 is 0.800 bits per heavy atom. The molecule has 0 aliphatic heterocycles. The summed E-state index contributed by atoms with van der Waals surface area (Å²) in [5, 5.41) is 14.3. The number of rotatable bonds is 4. The minimum atomic E-state index is -0.740. The van der Waals surface area contributed by atoms with Gasteiger partial charge in [0.05, 0.1) is 5.34 Å². The monoisotopic (exact) mass is 695 g/mol. The van der Waals surface area contributed by atoms with Gasteiger partial charge in [0.15, 0.2) is 10.2 Å². The predicted molar refractivity (Wildman–Crippen MR) is 187 cm³/mol. The second-order valence-corrected chi connectivity index (χ2v) is 11.9. The molecule has 0 aromatic carbocycles. The van der Waals surface area contributed by atoms with Gasteiger partial charge >= 0.3 is 5.97 Å². The van der Waals surface area contributed by atoms with Crippen molar-refractivity contribution >= 4 is 69.7 Å². The first-order valence-electron chi connectivity index (χ1n) is 13.9. The molecule has 0 saturated heterocycles. The Labute approximate surface area is 284 Å². The van der Waals surface area contributed by atoms with Gasteiger partial charge in [-0.25, -0.2) is 10.8 Å². The number of alkyl halides is 2. The van der Waals surface area contributed by atoms with Gasteiger partial charge in [0.1, 0.15) is 5.69 Å². The van der Waals surface area contributed by atoms with E-state index in [4.69, 9.17) is 58.6 Å². The van der Waals surface area contributed by atoms with E-state index in [0.717, 1.165) is 12.3 Å². The third-order valence-electron chi connectivity index (χ3n) is 7.41. The third-order valence-corrected chi connectivity index (χ3v) is 7.86. The van der Waals surface area contributed by atoms with Crippen LogP contribution in [-0.2, 0) is 0 Å². The lowest BCUT2D eigenvalue weighted by Gasteiger charge is -2.21. The molecule has 2 aromatic heterocycles. The highest BCUT2D eigenvalue weighted by molar-refractivity contribution is 7.80. The van der Waals surface area contributed by atoms with E-state index in [-0.39, 0.29) is 24.4 Å². The van der Waals surface area contributed by atoms with E-state index in [2.05, 4.69) is 61.2 Å². The minimum Gasteiger partial charge on any atom is -0.560 e. The lowest BCUT2D eigenvalue weighted by molar-refractivity contribution is 0.0690. The first-order chi connectivity index (χ1) is 21.2. The van der Waals surface area contributed by atoms with Gasteiger partial charge in [0.25, 0.3) is 5.91 Å². The maximum Gasteiger partial charge on any atom is 0.567 e. The van der Waals surface area contributed by atoms with E-state index >= 15 is 0 Å². The average molecular weight is 697 g/mol. The summed E-state index contributed by atoms with van der Waals surface area (Å²) < 4.78 is 0. The van der Waals surface area contributed by atoms with Crippen molar-refractivity contribution in [3.8, 4) is 0 Å². The maximum absolute atomic E-state index is 11.8. The van der Waals surface area contributed by atoms with Gasteiger partial charge in [0, 0.05) is 29.3 Å². The molecule has 2 heterocycles.